The minimum Gasteiger partial charge on any atom is -0.375 e. The first-order valence-corrected chi connectivity index (χ1v) is 7.54. The Bertz CT molecular complexity index is 546. The van der Waals surface area contributed by atoms with Gasteiger partial charge in [-0.15, -0.1) is 11.3 Å². The van der Waals surface area contributed by atoms with Crippen molar-refractivity contribution in [2.45, 2.75) is 18.9 Å². The van der Waals surface area contributed by atoms with Crippen LogP contribution in [0.2, 0.25) is 0 Å². The van der Waals surface area contributed by atoms with E-state index >= 15 is 0 Å². The number of thiophene rings is 1. The molecule has 0 saturated carbocycles. The Morgan fingerprint density at radius 2 is 2.16 bits per heavy atom. The summed E-state index contributed by atoms with van der Waals surface area (Å²) in [4.78, 5) is 0. The summed E-state index contributed by atoms with van der Waals surface area (Å²) >= 11 is 5.13. The normalized spacial score (nSPS) is 13.3. The third kappa shape index (κ3) is 3.72. The molecule has 2 rings (SSSR count). The minimum absolute atomic E-state index is 0.194. The monoisotopic (exact) mass is 349 g/mol. The van der Waals surface area contributed by atoms with Gasteiger partial charge in [0, 0.05) is 21.8 Å². The van der Waals surface area contributed by atoms with Gasteiger partial charge in [0.1, 0.15) is 6.61 Å². The van der Waals surface area contributed by atoms with E-state index in [0.717, 1.165) is 20.1 Å². The van der Waals surface area contributed by atoms with Gasteiger partial charge in [-0.1, -0.05) is 12.1 Å². The summed E-state index contributed by atoms with van der Waals surface area (Å²) < 4.78 is 30.9. The first-order chi connectivity index (χ1) is 9.09. The topological polar surface area (TPSA) is 35.2 Å². The molecule has 1 aromatic heterocycles. The summed E-state index contributed by atoms with van der Waals surface area (Å²) in [6, 6.07) is 5.77. The zero-order valence-corrected chi connectivity index (χ0v) is 12.5. The van der Waals surface area contributed by atoms with Gasteiger partial charge in [-0.3, -0.25) is 0 Å². The lowest BCUT2D eigenvalue weighted by Gasteiger charge is -2.11. The lowest BCUT2D eigenvalue weighted by Crippen LogP contribution is -2.14. The highest BCUT2D eigenvalue weighted by Crippen LogP contribution is 2.35. The fourth-order valence-corrected chi connectivity index (χ4v) is 3.55. The number of ether oxygens (including phenoxy) is 1. The average Bonchev–Trinajstić information content (AvgIpc) is 2.79. The first kappa shape index (κ1) is 14.8. The Balaban J connectivity index is 2.01. The number of fused-ring (bicyclic) bond motifs is 1. The second-order valence-electron chi connectivity index (χ2n) is 4.17. The van der Waals surface area contributed by atoms with E-state index in [0.29, 0.717) is 6.42 Å². The van der Waals surface area contributed by atoms with Crippen molar-refractivity contribution in [2.75, 3.05) is 13.2 Å². The fraction of sp³-hybridized carbons (Fsp3) is 0.385. The zero-order chi connectivity index (χ0) is 13.8. The van der Waals surface area contributed by atoms with Crippen molar-refractivity contribution in [3.63, 3.8) is 0 Å². The molecule has 1 aromatic carbocycles. The predicted octanol–water partition coefficient (Wildman–Crippen LogP) is 4.34. The molecule has 0 amide bonds. The van der Waals surface area contributed by atoms with Crippen molar-refractivity contribution >= 4 is 37.4 Å². The Morgan fingerprint density at radius 1 is 1.37 bits per heavy atom. The maximum Gasteiger partial charge on any atom is 0.261 e. The van der Waals surface area contributed by atoms with Gasteiger partial charge in [-0.2, -0.15) is 0 Å². The van der Waals surface area contributed by atoms with E-state index in [1.54, 1.807) is 11.3 Å². The molecule has 104 valence electrons. The second kappa shape index (κ2) is 6.74. The van der Waals surface area contributed by atoms with Crippen molar-refractivity contribution in [3.8, 4) is 0 Å². The molecule has 2 N–H and O–H groups in total. The Kier molecular flexibility index (Phi) is 5.27. The van der Waals surface area contributed by atoms with Crippen molar-refractivity contribution in [1.29, 1.82) is 0 Å². The highest BCUT2D eigenvalue weighted by molar-refractivity contribution is 9.10. The quantitative estimate of drug-likeness (QED) is 0.787. The molecule has 1 atom stereocenters. The maximum absolute atomic E-state index is 11.9. The van der Waals surface area contributed by atoms with Crippen LogP contribution in [0, 0.1) is 0 Å². The van der Waals surface area contributed by atoms with Gasteiger partial charge >= 0.3 is 0 Å². The van der Waals surface area contributed by atoms with E-state index in [9.17, 15) is 8.78 Å². The molecule has 19 heavy (non-hydrogen) atoms. The highest BCUT2D eigenvalue weighted by Gasteiger charge is 2.13. The summed E-state index contributed by atoms with van der Waals surface area (Å²) in [6.45, 7) is -0.278. The number of benzene rings is 1. The lowest BCUT2D eigenvalue weighted by atomic mass is 10.0. The van der Waals surface area contributed by atoms with Crippen LogP contribution < -0.4 is 5.73 Å². The maximum atomic E-state index is 11.9. The van der Waals surface area contributed by atoms with Gasteiger partial charge in [-0.05, 0) is 44.7 Å². The van der Waals surface area contributed by atoms with Crippen LogP contribution in [0.1, 0.15) is 18.0 Å². The van der Waals surface area contributed by atoms with E-state index < -0.39 is 13.0 Å². The van der Waals surface area contributed by atoms with E-state index in [1.807, 2.05) is 23.6 Å². The molecule has 0 spiro atoms. The molecule has 0 aliphatic rings. The molecule has 0 aliphatic carbocycles. The van der Waals surface area contributed by atoms with Crippen LogP contribution in [-0.2, 0) is 4.74 Å². The van der Waals surface area contributed by atoms with Crippen LogP contribution in [0.5, 0.6) is 0 Å². The highest BCUT2D eigenvalue weighted by atomic mass is 79.9. The van der Waals surface area contributed by atoms with Crippen LogP contribution in [0.3, 0.4) is 0 Å². The molecule has 2 aromatic rings. The zero-order valence-electron chi connectivity index (χ0n) is 10.1. The van der Waals surface area contributed by atoms with E-state index in [2.05, 4.69) is 15.9 Å². The number of halogens is 3. The van der Waals surface area contributed by atoms with Crippen LogP contribution in [0.4, 0.5) is 8.78 Å². The van der Waals surface area contributed by atoms with Gasteiger partial charge in [0.2, 0.25) is 0 Å². The molecular weight excluding hydrogens is 336 g/mol. The molecule has 6 heteroatoms. The van der Waals surface area contributed by atoms with E-state index in [4.69, 9.17) is 10.5 Å². The number of hydrogen-bond acceptors (Lipinski definition) is 3. The molecule has 0 radical (unpaired) electrons. The molecular formula is C13H14BrF2NOS. The van der Waals surface area contributed by atoms with Crippen molar-refractivity contribution < 1.29 is 13.5 Å². The smallest absolute Gasteiger partial charge is 0.261 e. The Morgan fingerprint density at radius 3 is 2.89 bits per heavy atom. The summed E-state index contributed by atoms with van der Waals surface area (Å²) in [5.41, 5.74) is 7.14. The van der Waals surface area contributed by atoms with Crippen LogP contribution in [0.15, 0.2) is 28.1 Å². The predicted molar refractivity (Wildman–Crippen MR) is 77.9 cm³/mol. The molecule has 0 fully saturated rings. The van der Waals surface area contributed by atoms with E-state index in [1.165, 1.54) is 0 Å². The number of nitrogens with two attached hydrogens (primary N) is 1. The third-order valence-electron chi connectivity index (χ3n) is 2.80. The van der Waals surface area contributed by atoms with Gasteiger partial charge < -0.3 is 10.5 Å². The first-order valence-electron chi connectivity index (χ1n) is 5.86. The van der Waals surface area contributed by atoms with Crippen LogP contribution in [-0.4, -0.2) is 19.6 Å². The second-order valence-corrected chi connectivity index (χ2v) is 5.90. The van der Waals surface area contributed by atoms with Crippen LogP contribution in [0.25, 0.3) is 10.1 Å². The standard InChI is InChI=1S/C13H14BrF2NOS/c14-10-3-1-2-8-9(7-19-13(8)10)11(17)4-5-18-6-12(15)16/h1-3,7,11-12H,4-6,17H2. The van der Waals surface area contributed by atoms with Gasteiger partial charge in [0.15, 0.2) is 0 Å². The summed E-state index contributed by atoms with van der Waals surface area (Å²) in [5.74, 6) is 0. The fourth-order valence-electron chi connectivity index (χ4n) is 1.87. The van der Waals surface area contributed by atoms with Crippen molar-refractivity contribution in [3.05, 3.63) is 33.6 Å². The summed E-state index contributed by atoms with van der Waals surface area (Å²) in [5, 5.41) is 3.13. The number of hydrogen-bond donors (Lipinski definition) is 1. The largest absolute Gasteiger partial charge is 0.375 e. The molecule has 2 nitrogen and oxygen atoms in total. The third-order valence-corrected chi connectivity index (χ3v) is 4.77. The Hall–Kier alpha value is -0.560. The molecule has 0 saturated heterocycles. The van der Waals surface area contributed by atoms with Crippen LogP contribution >= 0.6 is 27.3 Å². The van der Waals surface area contributed by atoms with Gasteiger partial charge in [-0.25, -0.2) is 8.78 Å². The number of rotatable bonds is 6. The lowest BCUT2D eigenvalue weighted by molar-refractivity contribution is 0.0152. The summed E-state index contributed by atoms with van der Waals surface area (Å²) in [7, 11) is 0. The van der Waals surface area contributed by atoms with Crippen molar-refractivity contribution in [1.82, 2.24) is 0 Å². The molecule has 0 aliphatic heterocycles. The van der Waals surface area contributed by atoms with Gasteiger partial charge in [0.25, 0.3) is 6.43 Å². The Labute approximate surface area is 122 Å². The SMILES string of the molecule is NC(CCOCC(F)F)c1csc2c(Br)cccc12. The van der Waals surface area contributed by atoms with Gasteiger partial charge in [0.05, 0.1) is 0 Å². The summed E-state index contributed by atoms with van der Waals surface area (Å²) in [6.07, 6.45) is -1.89. The molecule has 0 bridgehead atoms. The molecule has 1 heterocycles. The minimum atomic E-state index is -2.42. The molecule has 1 unspecified atom stereocenters. The van der Waals surface area contributed by atoms with E-state index in [-0.39, 0.29) is 12.6 Å². The average molecular weight is 350 g/mol. The van der Waals surface area contributed by atoms with Crippen molar-refractivity contribution in [2.24, 2.45) is 5.73 Å². The number of alkyl halides is 2.